The van der Waals surface area contributed by atoms with Crippen LogP contribution < -0.4 is 0 Å². The van der Waals surface area contributed by atoms with Gasteiger partial charge in [0, 0.05) is 18.7 Å². The first-order valence-corrected chi connectivity index (χ1v) is 5.26. The Morgan fingerprint density at radius 1 is 1.06 bits per heavy atom. The molecular formula is C13H13NO2. The molecule has 2 rings (SSSR count). The molecule has 0 atom stereocenters. The number of aryl methyl sites for hydroxylation is 1. The highest BCUT2D eigenvalue weighted by atomic mass is 16.2. The van der Waals surface area contributed by atoms with Crippen molar-refractivity contribution < 1.29 is 9.59 Å². The highest BCUT2D eigenvalue weighted by molar-refractivity contribution is 6.12. The molecule has 82 valence electrons. The fourth-order valence-corrected chi connectivity index (χ4v) is 1.77. The maximum Gasteiger partial charge on any atom is 0.253 e. The molecule has 0 N–H and O–H groups in total. The molecule has 3 nitrogen and oxygen atoms in total. The third-order valence-corrected chi connectivity index (χ3v) is 2.77. The minimum atomic E-state index is -0.210. The molecule has 0 saturated heterocycles. The molecule has 0 fully saturated rings. The van der Waals surface area contributed by atoms with E-state index in [1.54, 1.807) is 0 Å². The van der Waals surface area contributed by atoms with Crippen molar-refractivity contribution in [3.8, 4) is 0 Å². The van der Waals surface area contributed by atoms with Crippen molar-refractivity contribution in [3.05, 3.63) is 47.5 Å². The molecule has 1 aromatic rings. The smallest absolute Gasteiger partial charge is 0.253 e. The Hall–Kier alpha value is -1.90. The van der Waals surface area contributed by atoms with Gasteiger partial charge in [0.2, 0.25) is 0 Å². The summed E-state index contributed by atoms with van der Waals surface area (Å²) in [5, 5.41) is 0. The lowest BCUT2D eigenvalue weighted by atomic mass is 10.1. The fourth-order valence-electron chi connectivity index (χ4n) is 1.77. The quantitative estimate of drug-likeness (QED) is 0.716. The first-order chi connectivity index (χ1) is 7.68. The number of benzene rings is 1. The molecule has 0 radical (unpaired) electrons. The molecule has 0 aliphatic carbocycles. The van der Waals surface area contributed by atoms with E-state index >= 15 is 0 Å². The van der Waals surface area contributed by atoms with Gasteiger partial charge >= 0.3 is 0 Å². The SMILES string of the molecule is Cc1ccccc1CCN1C(=O)C=CC1=O. The van der Waals surface area contributed by atoms with E-state index in [9.17, 15) is 9.59 Å². The Balaban J connectivity index is 2.01. The Labute approximate surface area is 94.4 Å². The normalized spacial score (nSPS) is 14.9. The zero-order valence-corrected chi connectivity index (χ0v) is 9.14. The summed E-state index contributed by atoms with van der Waals surface area (Å²) >= 11 is 0. The Bertz CT molecular complexity index is 445. The molecule has 0 saturated carbocycles. The molecule has 0 unspecified atom stereocenters. The molecule has 0 spiro atoms. The van der Waals surface area contributed by atoms with Crippen LogP contribution in [-0.2, 0) is 16.0 Å². The number of amides is 2. The fraction of sp³-hybridized carbons (Fsp3) is 0.231. The van der Waals surface area contributed by atoms with Crippen LogP contribution in [0, 0.1) is 6.92 Å². The summed E-state index contributed by atoms with van der Waals surface area (Å²) in [6.07, 6.45) is 3.35. The van der Waals surface area contributed by atoms with E-state index < -0.39 is 0 Å². The summed E-state index contributed by atoms with van der Waals surface area (Å²) in [4.78, 5) is 23.9. The lowest BCUT2D eigenvalue weighted by molar-refractivity contribution is -0.136. The summed E-state index contributed by atoms with van der Waals surface area (Å²) < 4.78 is 0. The van der Waals surface area contributed by atoms with Gasteiger partial charge in [-0.05, 0) is 24.5 Å². The summed E-state index contributed by atoms with van der Waals surface area (Å²) in [5.41, 5.74) is 2.37. The number of nitrogens with zero attached hydrogens (tertiary/aromatic N) is 1. The van der Waals surface area contributed by atoms with E-state index in [-0.39, 0.29) is 11.8 Å². The maximum absolute atomic E-state index is 11.3. The number of rotatable bonds is 3. The lowest BCUT2D eigenvalue weighted by Crippen LogP contribution is -2.32. The predicted octanol–water partition coefficient (Wildman–Crippen LogP) is 1.46. The Morgan fingerprint density at radius 2 is 1.69 bits per heavy atom. The van der Waals surface area contributed by atoms with Crippen LogP contribution >= 0.6 is 0 Å². The third-order valence-electron chi connectivity index (χ3n) is 2.77. The largest absolute Gasteiger partial charge is 0.275 e. The van der Waals surface area contributed by atoms with Gasteiger partial charge in [0.1, 0.15) is 0 Å². The Morgan fingerprint density at radius 3 is 2.31 bits per heavy atom. The molecule has 0 aromatic heterocycles. The second-order valence-corrected chi connectivity index (χ2v) is 3.84. The van der Waals surface area contributed by atoms with Gasteiger partial charge in [-0.15, -0.1) is 0 Å². The van der Waals surface area contributed by atoms with Gasteiger partial charge in [-0.25, -0.2) is 0 Å². The van der Waals surface area contributed by atoms with Crippen LogP contribution in [0.15, 0.2) is 36.4 Å². The van der Waals surface area contributed by atoms with Gasteiger partial charge in [0.15, 0.2) is 0 Å². The van der Waals surface area contributed by atoms with Crippen molar-refractivity contribution in [1.82, 2.24) is 4.90 Å². The topological polar surface area (TPSA) is 37.4 Å². The van der Waals surface area contributed by atoms with Crippen molar-refractivity contribution in [3.63, 3.8) is 0 Å². The van der Waals surface area contributed by atoms with E-state index in [1.807, 2.05) is 31.2 Å². The second-order valence-electron chi connectivity index (χ2n) is 3.84. The standard InChI is InChI=1S/C13H13NO2/c1-10-4-2-3-5-11(10)8-9-14-12(15)6-7-13(14)16/h2-7H,8-9H2,1H3. The number of hydrogen-bond donors (Lipinski definition) is 0. The summed E-state index contributed by atoms with van der Waals surface area (Å²) in [6.45, 7) is 2.48. The molecular weight excluding hydrogens is 202 g/mol. The summed E-state index contributed by atoms with van der Waals surface area (Å²) in [5.74, 6) is -0.419. The highest BCUT2D eigenvalue weighted by Gasteiger charge is 2.22. The van der Waals surface area contributed by atoms with Crippen LogP contribution in [-0.4, -0.2) is 23.3 Å². The van der Waals surface area contributed by atoms with Crippen LogP contribution in [0.2, 0.25) is 0 Å². The average molecular weight is 215 g/mol. The molecule has 1 heterocycles. The lowest BCUT2D eigenvalue weighted by Gasteiger charge is -2.14. The van der Waals surface area contributed by atoms with E-state index in [1.165, 1.54) is 28.2 Å². The molecule has 2 amide bonds. The molecule has 3 heteroatoms. The zero-order chi connectivity index (χ0) is 11.5. The monoisotopic (exact) mass is 215 g/mol. The van der Waals surface area contributed by atoms with Crippen LogP contribution in [0.3, 0.4) is 0 Å². The minimum Gasteiger partial charge on any atom is -0.275 e. The summed E-state index contributed by atoms with van der Waals surface area (Å²) in [6, 6.07) is 8.00. The minimum absolute atomic E-state index is 0.210. The molecule has 1 aliphatic heterocycles. The molecule has 1 aliphatic rings. The van der Waals surface area contributed by atoms with Gasteiger partial charge in [-0.3, -0.25) is 14.5 Å². The number of carbonyl (C=O) groups excluding carboxylic acids is 2. The van der Waals surface area contributed by atoms with Crippen LogP contribution in [0.5, 0.6) is 0 Å². The zero-order valence-electron chi connectivity index (χ0n) is 9.14. The number of hydrogen-bond acceptors (Lipinski definition) is 2. The first-order valence-electron chi connectivity index (χ1n) is 5.26. The van der Waals surface area contributed by atoms with Crippen LogP contribution in [0.25, 0.3) is 0 Å². The molecule has 0 bridgehead atoms. The van der Waals surface area contributed by atoms with E-state index in [0.29, 0.717) is 13.0 Å². The van der Waals surface area contributed by atoms with Gasteiger partial charge in [0.25, 0.3) is 11.8 Å². The van der Waals surface area contributed by atoms with Crippen LogP contribution in [0.1, 0.15) is 11.1 Å². The second kappa shape index (κ2) is 4.31. The van der Waals surface area contributed by atoms with Gasteiger partial charge in [-0.2, -0.15) is 0 Å². The van der Waals surface area contributed by atoms with Crippen molar-refractivity contribution >= 4 is 11.8 Å². The van der Waals surface area contributed by atoms with Crippen LogP contribution in [0.4, 0.5) is 0 Å². The van der Waals surface area contributed by atoms with Crippen molar-refractivity contribution in [1.29, 1.82) is 0 Å². The van der Waals surface area contributed by atoms with E-state index in [4.69, 9.17) is 0 Å². The highest BCUT2D eigenvalue weighted by Crippen LogP contribution is 2.10. The van der Waals surface area contributed by atoms with Gasteiger partial charge in [0.05, 0.1) is 0 Å². The third kappa shape index (κ3) is 2.03. The van der Waals surface area contributed by atoms with Crippen molar-refractivity contribution in [2.75, 3.05) is 6.54 Å². The number of imide groups is 1. The Kier molecular flexibility index (Phi) is 2.86. The van der Waals surface area contributed by atoms with Crippen molar-refractivity contribution in [2.45, 2.75) is 13.3 Å². The number of carbonyl (C=O) groups is 2. The van der Waals surface area contributed by atoms with Gasteiger partial charge in [-0.1, -0.05) is 24.3 Å². The van der Waals surface area contributed by atoms with Crippen molar-refractivity contribution in [2.24, 2.45) is 0 Å². The summed E-state index contributed by atoms with van der Waals surface area (Å²) in [7, 11) is 0. The first kappa shape index (κ1) is 10.6. The molecule has 1 aromatic carbocycles. The van der Waals surface area contributed by atoms with Gasteiger partial charge < -0.3 is 0 Å². The molecule has 16 heavy (non-hydrogen) atoms. The van der Waals surface area contributed by atoms with E-state index in [0.717, 1.165) is 0 Å². The maximum atomic E-state index is 11.3. The predicted molar refractivity (Wildman–Crippen MR) is 60.7 cm³/mol. The van der Waals surface area contributed by atoms with E-state index in [2.05, 4.69) is 0 Å². The average Bonchev–Trinajstić information content (AvgIpc) is 2.58.